The fourth-order valence-corrected chi connectivity index (χ4v) is 2.36. The number of nitrogens with one attached hydrogen (secondary N) is 1. The second-order valence-corrected chi connectivity index (χ2v) is 4.73. The maximum absolute atomic E-state index is 13.1. The Balaban J connectivity index is 1.82. The van der Waals surface area contributed by atoms with Crippen molar-refractivity contribution in [2.24, 2.45) is 0 Å². The average Bonchev–Trinajstić information content (AvgIpc) is 2.81. The monoisotopic (exact) mass is 271 g/mol. The van der Waals surface area contributed by atoms with Crippen LogP contribution in [0.15, 0.2) is 42.5 Å². The quantitative estimate of drug-likeness (QED) is 0.783. The molecule has 2 aromatic rings. The number of halogens is 1. The van der Waals surface area contributed by atoms with Crippen LogP contribution in [0.25, 0.3) is 0 Å². The number of nitrogen functional groups attached to an aromatic ring is 1. The molecule has 2 amide bonds. The number of nitrogens with zero attached hydrogens (tertiary/aromatic N) is 1. The lowest BCUT2D eigenvalue weighted by Crippen LogP contribution is -2.33. The van der Waals surface area contributed by atoms with E-state index in [2.05, 4.69) is 5.32 Å². The molecule has 0 aliphatic carbocycles. The highest BCUT2D eigenvalue weighted by molar-refractivity contribution is 6.03. The first-order valence-corrected chi connectivity index (χ1v) is 6.36. The number of benzene rings is 2. The Hall–Kier alpha value is -2.56. The van der Waals surface area contributed by atoms with Crippen molar-refractivity contribution in [1.29, 1.82) is 0 Å². The van der Waals surface area contributed by atoms with Crippen molar-refractivity contribution in [2.75, 3.05) is 22.5 Å². The molecular formula is C15H14FN3O. The molecule has 3 rings (SSSR count). The van der Waals surface area contributed by atoms with Crippen molar-refractivity contribution in [3.8, 4) is 0 Å². The Kier molecular flexibility index (Phi) is 3.02. The molecule has 1 aliphatic heterocycles. The zero-order valence-corrected chi connectivity index (χ0v) is 10.8. The number of amides is 2. The number of urea groups is 1. The highest BCUT2D eigenvalue weighted by Crippen LogP contribution is 2.30. The van der Waals surface area contributed by atoms with Crippen LogP contribution in [0.5, 0.6) is 0 Å². The lowest BCUT2D eigenvalue weighted by molar-refractivity contribution is 0.257. The Morgan fingerprint density at radius 3 is 2.90 bits per heavy atom. The fourth-order valence-electron chi connectivity index (χ4n) is 2.36. The van der Waals surface area contributed by atoms with Gasteiger partial charge in [0.1, 0.15) is 5.82 Å². The van der Waals surface area contributed by atoms with Gasteiger partial charge in [0.05, 0.1) is 5.69 Å². The van der Waals surface area contributed by atoms with Crippen molar-refractivity contribution >= 4 is 23.1 Å². The first-order valence-electron chi connectivity index (χ1n) is 6.36. The highest BCUT2D eigenvalue weighted by Gasteiger charge is 2.24. The molecule has 102 valence electrons. The molecule has 2 aromatic carbocycles. The molecule has 20 heavy (non-hydrogen) atoms. The Bertz CT molecular complexity index is 672. The Morgan fingerprint density at radius 2 is 2.10 bits per heavy atom. The lowest BCUT2D eigenvalue weighted by Gasteiger charge is -2.18. The van der Waals surface area contributed by atoms with E-state index in [4.69, 9.17) is 5.73 Å². The third-order valence-electron chi connectivity index (χ3n) is 3.33. The van der Waals surface area contributed by atoms with E-state index >= 15 is 0 Å². The topological polar surface area (TPSA) is 58.4 Å². The van der Waals surface area contributed by atoms with Crippen LogP contribution < -0.4 is 16.0 Å². The summed E-state index contributed by atoms with van der Waals surface area (Å²) in [6.07, 6.45) is 0.798. The predicted molar refractivity (Wildman–Crippen MR) is 77.3 cm³/mol. The molecule has 1 heterocycles. The molecule has 0 spiro atoms. The van der Waals surface area contributed by atoms with Crippen molar-refractivity contribution < 1.29 is 9.18 Å². The molecule has 0 saturated heterocycles. The zero-order chi connectivity index (χ0) is 14.1. The Labute approximate surface area is 116 Å². The van der Waals surface area contributed by atoms with E-state index in [1.165, 1.54) is 12.1 Å². The number of carbonyl (C=O) groups excluding carboxylic acids is 1. The summed E-state index contributed by atoms with van der Waals surface area (Å²) in [6, 6.07) is 11.1. The predicted octanol–water partition coefficient (Wildman–Crippen LogP) is 3.00. The lowest BCUT2D eigenvalue weighted by atomic mass is 10.1. The summed E-state index contributed by atoms with van der Waals surface area (Å²) in [4.78, 5) is 13.9. The first-order chi connectivity index (χ1) is 9.63. The van der Waals surface area contributed by atoms with E-state index in [1.54, 1.807) is 23.1 Å². The third-order valence-corrected chi connectivity index (χ3v) is 3.33. The van der Waals surface area contributed by atoms with Gasteiger partial charge in [0.25, 0.3) is 0 Å². The normalized spacial score (nSPS) is 13.2. The van der Waals surface area contributed by atoms with E-state index in [0.29, 0.717) is 17.9 Å². The molecular weight excluding hydrogens is 257 g/mol. The second-order valence-electron chi connectivity index (χ2n) is 4.73. The van der Waals surface area contributed by atoms with Crippen molar-refractivity contribution in [2.45, 2.75) is 6.42 Å². The van der Waals surface area contributed by atoms with Crippen LogP contribution in [-0.4, -0.2) is 12.6 Å². The summed E-state index contributed by atoms with van der Waals surface area (Å²) in [5.41, 5.74) is 8.72. The minimum absolute atomic E-state index is 0.278. The van der Waals surface area contributed by atoms with E-state index < -0.39 is 0 Å². The van der Waals surface area contributed by atoms with Crippen LogP contribution in [0.4, 0.5) is 26.2 Å². The van der Waals surface area contributed by atoms with Crippen molar-refractivity contribution in [1.82, 2.24) is 0 Å². The number of hydrogen-bond donors (Lipinski definition) is 2. The van der Waals surface area contributed by atoms with Gasteiger partial charge in [-0.05, 0) is 42.3 Å². The van der Waals surface area contributed by atoms with Gasteiger partial charge < -0.3 is 11.1 Å². The van der Waals surface area contributed by atoms with E-state index in [-0.39, 0.29) is 11.8 Å². The molecule has 0 unspecified atom stereocenters. The number of hydrogen-bond acceptors (Lipinski definition) is 2. The van der Waals surface area contributed by atoms with Crippen molar-refractivity contribution in [3.05, 3.63) is 53.8 Å². The number of fused-ring (bicyclic) bond motifs is 1. The molecule has 3 N–H and O–H groups in total. The van der Waals surface area contributed by atoms with Gasteiger partial charge in [0, 0.05) is 17.9 Å². The third kappa shape index (κ3) is 2.30. The first kappa shape index (κ1) is 12.5. The molecule has 0 atom stereocenters. The Morgan fingerprint density at radius 1 is 1.25 bits per heavy atom. The summed E-state index contributed by atoms with van der Waals surface area (Å²) >= 11 is 0. The van der Waals surface area contributed by atoms with Crippen LogP contribution in [0, 0.1) is 5.82 Å². The molecule has 0 saturated carbocycles. The summed E-state index contributed by atoms with van der Waals surface area (Å²) < 4.78 is 13.1. The number of carbonyl (C=O) groups is 1. The van der Waals surface area contributed by atoms with Crippen LogP contribution in [0.2, 0.25) is 0 Å². The molecule has 5 heteroatoms. The van der Waals surface area contributed by atoms with Gasteiger partial charge in [-0.15, -0.1) is 0 Å². The summed E-state index contributed by atoms with van der Waals surface area (Å²) in [6.45, 7) is 0.597. The van der Waals surface area contributed by atoms with E-state index in [0.717, 1.165) is 17.7 Å². The number of rotatable bonds is 1. The molecule has 0 fully saturated rings. The van der Waals surface area contributed by atoms with E-state index in [9.17, 15) is 9.18 Å². The van der Waals surface area contributed by atoms with E-state index in [1.807, 2.05) is 12.1 Å². The van der Waals surface area contributed by atoms with Gasteiger partial charge in [-0.1, -0.05) is 12.1 Å². The van der Waals surface area contributed by atoms with Crippen LogP contribution in [0.1, 0.15) is 5.56 Å². The maximum Gasteiger partial charge on any atom is 0.326 e. The van der Waals surface area contributed by atoms with Gasteiger partial charge in [0.15, 0.2) is 0 Å². The smallest absolute Gasteiger partial charge is 0.326 e. The van der Waals surface area contributed by atoms with Crippen LogP contribution in [-0.2, 0) is 6.42 Å². The molecule has 0 bridgehead atoms. The zero-order valence-electron chi connectivity index (χ0n) is 10.8. The van der Waals surface area contributed by atoms with Gasteiger partial charge in [-0.2, -0.15) is 0 Å². The SMILES string of the molecule is Nc1ccc2c(c1)N(C(=O)Nc1cccc(F)c1)CC2. The minimum atomic E-state index is -0.381. The minimum Gasteiger partial charge on any atom is -0.399 e. The standard InChI is InChI=1S/C15H14FN3O/c16-11-2-1-3-13(8-11)18-15(20)19-7-6-10-4-5-12(17)9-14(10)19/h1-5,8-9H,6-7,17H2,(H,18,20). The number of nitrogens with two attached hydrogens (primary N) is 1. The molecule has 0 radical (unpaired) electrons. The summed E-state index contributed by atoms with van der Waals surface area (Å²) in [5, 5.41) is 2.69. The van der Waals surface area contributed by atoms with Gasteiger partial charge in [-0.3, -0.25) is 4.90 Å². The molecule has 0 aromatic heterocycles. The summed E-state index contributed by atoms with van der Waals surface area (Å²) in [7, 11) is 0. The molecule has 1 aliphatic rings. The molecule has 4 nitrogen and oxygen atoms in total. The highest BCUT2D eigenvalue weighted by atomic mass is 19.1. The van der Waals surface area contributed by atoms with Crippen molar-refractivity contribution in [3.63, 3.8) is 0 Å². The van der Waals surface area contributed by atoms with Gasteiger partial charge >= 0.3 is 6.03 Å². The van der Waals surface area contributed by atoms with Crippen LogP contribution in [0.3, 0.4) is 0 Å². The maximum atomic E-state index is 13.1. The largest absolute Gasteiger partial charge is 0.399 e. The number of anilines is 3. The average molecular weight is 271 g/mol. The van der Waals surface area contributed by atoms with Crippen LogP contribution >= 0.6 is 0 Å². The van der Waals surface area contributed by atoms with Gasteiger partial charge in [0.2, 0.25) is 0 Å². The fraction of sp³-hybridized carbons (Fsp3) is 0.133. The van der Waals surface area contributed by atoms with Gasteiger partial charge in [-0.25, -0.2) is 9.18 Å². The summed E-state index contributed by atoms with van der Waals surface area (Å²) in [5.74, 6) is -0.381. The second kappa shape index (κ2) is 4.85.